The van der Waals surface area contributed by atoms with Crippen molar-refractivity contribution in [2.75, 3.05) is 7.11 Å². The van der Waals surface area contributed by atoms with Crippen LogP contribution in [0.25, 0.3) is 0 Å². The van der Waals surface area contributed by atoms with Crippen molar-refractivity contribution in [1.82, 2.24) is 5.31 Å². The lowest BCUT2D eigenvalue weighted by molar-refractivity contribution is 0.0600. The van der Waals surface area contributed by atoms with Gasteiger partial charge in [0.2, 0.25) is 0 Å². The average molecular weight is 324 g/mol. The SMILES string of the molecule is [2H]N1C(c2ccc(C(C)=O)cc2)CCC1c1ccc(C(=O)OC)cc1. The number of ketones is 1. The van der Waals surface area contributed by atoms with E-state index in [0.29, 0.717) is 11.1 Å². The molecule has 1 aliphatic rings. The highest BCUT2D eigenvalue weighted by atomic mass is 16.5. The Morgan fingerprint density at radius 3 is 1.83 bits per heavy atom. The lowest BCUT2D eigenvalue weighted by Crippen LogP contribution is -2.17. The Hall–Kier alpha value is -2.46. The molecule has 1 fully saturated rings. The number of carbonyl (C=O) groups excluding carboxylic acids is 2. The fraction of sp³-hybridized carbons (Fsp3) is 0.300. The molecule has 4 heteroatoms. The van der Waals surface area contributed by atoms with Crippen molar-refractivity contribution < 1.29 is 15.7 Å². The Labute approximate surface area is 143 Å². The van der Waals surface area contributed by atoms with Crippen LogP contribution in [0.4, 0.5) is 0 Å². The van der Waals surface area contributed by atoms with Crippen molar-refractivity contribution in [1.29, 1.82) is 0 Å². The molecule has 1 saturated heterocycles. The van der Waals surface area contributed by atoms with Crippen LogP contribution in [0.5, 0.6) is 0 Å². The summed E-state index contributed by atoms with van der Waals surface area (Å²) < 4.78 is 13.2. The molecule has 2 atom stereocenters. The topological polar surface area (TPSA) is 55.4 Å². The summed E-state index contributed by atoms with van der Waals surface area (Å²) in [7, 11) is 1.36. The minimum atomic E-state index is -0.357. The van der Waals surface area contributed by atoms with E-state index in [-0.39, 0.29) is 23.8 Å². The van der Waals surface area contributed by atoms with Gasteiger partial charge < -0.3 is 10.0 Å². The van der Waals surface area contributed by atoms with E-state index in [1.54, 1.807) is 24.4 Å². The fourth-order valence-electron chi connectivity index (χ4n) is 3.09. The molecule has 1 aliphatic heterocycles. The normalized spacial score (nSPS) is 21.3. The van der Waals surface area contributed by atoms with Gasteiger partial charge in [0, 0.05) is 17.6 Å². The molecule has 0 aromatic heterocycles. The molecule has 0 radical (unpaired) electrons. The van der Waals surface area contributed by atoms with Crippen molar-refractivity contribution in [2.45, 2.75) is 31.8 Å². The van der Waals surface area contributed by atoms with Crippen molar-refractivity contribution in [3.63, 3.8) is 0 Å². The number of nitrogens with one attached hydrogen (secondary N) is 1. The number of esters is 1. The molecule has 0 spiro atoms. The summed E-state index contributed by atoms with van der Waals surface area (Å²) in [5.41, 5.74) is 3.27. The summed E-state index contributed by atoms with van der Waals surface area (Å²) in [5, 5.41) is 1.62. The van der Waals surface area contributed by atoms with Crippen molar-refractivity contribution in [2.24, 2.45) is 0 Å². The van der Waals surface area contributed by atoms with Gasteiger partial charge >= 0.3 is 5.97 Å². The van der Waals surface area contributed by atoms with E-state index in [1.165, 1.54) is 7.11 Å². The summed E-state index contributed by atoms with van der Waals surface area (Å²) in [4.78, 5) is 22.9. The lowest BCUT2D eigenvalue weighted by Gasteiger charge is -2.15. The van der Waals surface area contributed by atoms with Crippen LogP contribution in [0, 0.1) is 0 Å². The van der Waals surface area contributed by atoms with E-state index in [1.807, 2.05) is 36.4 Å². The van der Waals surface area contributed by atoms with Crippen LogP contribution in [-0.4, -0.2) is 18.9 Å². The van der Waals surface area contributed by atoms with Gasteiger partial charge in [-0.25, -0.2) is 4.79 Å². The minimum Gasteiger partial charge on any atom is -0.465 e. The fourth-order valence-corrected chi connectivity index (χ4v) is 3.09. The number of benzene rings is 2. The third-order valence-electron chi connectivity index (χ3n) is 4.49. The first-order valence-corrected chi connectivity index (χ1v) is 8.07. The van der Waals surface area contributed by atoms with E-state index in [9.17, 15) is 9.59 Å². The van der Waals surface area contributed by atoms with Gasteiger partial charge in [0.25, 0.3) is 0 Å². The molecule has 4 nitrogen and oxygen atoms in total. The molecule has 2 aromatic carbocycles. The van der Waals surface area contributed by atoms with Gasteiger partial charge in [-0.2, -0.15) is 0 Å². The van der Waals surface area contributed by atoms with Crippen LogP contribution in [0.15, 0.2) is 48.5 Å². The first-order valence-electron chi connectivity index (χ1n) is 8.52. The summed E-state index contributed by atoms with van der Waals surface area (Å²) in [6, 6.07) is 14.8. The molecule has 0 amide bonds. The Morgan fingerprint density at radius 2 is 1.42 bits per heavy atom. The Bertz CT molecular complexity index is 771. The van der Waals surface area contributed by atoms with Crippen LogP contribution in [0.2, 0.25) is 1.41 Å². The zero-order valence-corrected chi connectivity index (χ0v) is 13.9. The number of carbonyl (C=O) groups is 2. The number of hydrogen-bond donors (Lipinski definition) is 1. The number of hydrogen-bond acceptors (Lipinski definition) is 4. The molecule has 24 heavy (non-hydrogen) atoms. The molecule has 0 bridgehead atoms. The maximum atomic E-state index is 11.5. The molecular weight excluding hydrogens is 302 g/mol. The van der Waals surface area contributed by atoms with Gasteiger partial charge in [-0.1, -0.05) is 36.4 Å². The Morgan fingerprint density at radius 1 is 0.958 bits per heavy atom. The molecule has 1 N–H and O–H groups in total. The maximum Gasteiger partial charge on any atom is 0.337 e. The Balaban J connectivity index is 1.76. The lowest BCUT2D eigenvalue weighted by atomic mass is 10.0. The zero-order chi connectivity index (χ0) is 18.0. The largest absolute Gasteiger partial charge is 0.465 e. The number of Topliss-reactive ketones (excluding diaryl/α,β-unsaturated/α-hetero) is 1. The highest BCUT2D eigenvalue weighted by Gasteiger charge is 2.26. The predicted molar refractivity (Wildman–Crippen MR) is 92.1 cm³/mol. The summed E-state index contributed by atoms with van der Waals surface area (Å²) in [5.74, 6) is -0.312. The van der Waals surface area contributed by atoms with E-state index < -0.39 is 0 Å². The number of methoxy groups -OCH3 is 1. The summed E-state index contributed by atoms with van der Waals surface area (Å²) in [6.45, 7) is 1.55. The first kappa shape index (κ1) is 15.1. The third-order valence-corrected chi connectivity index (χ3v) is 4.49. The van der Waals surface area contributed by atoms with Crippen LogP contribution < -0.4 is 5.31 Å². The smallest absolute Gasteiger partial charge is 0.337 e. The second-order valence-electron chi connectivity index (χ2n) is 6.05. The van der Waals surface area contributed by atoms with Gasteiger partial charge in [-0.05, 0) is 43.0 Å². The summed E-state index contributed by atoms with van der Waals surface area (Å²) >= 11 is 0. The summed E-state index contributed by atoms with van der Waals surface area (Å²) in [6.07, 6.45) is 1.76. The molecule has 0 aliphatic carbocycles. The molecule has 0 saturated carbocycles. The maximum absolute atomic E-state index is 11.5. The van der Waals surface area contributed by atoms with E-state index in [4.69, 9.17) is 6.15 Å². The van der Waals surface area contributed by atoms with Gasteiger partial charge in [0.1, 0.15) is 1.41 Å². The highest BCUT2D eigenvalue weighted by molar-refractivity contribution is 5.94. The van der Waals surface area contributed by atoms with Gasteiger partial charge in [-0.15, -0.1) is 0 Å². The predicted octanol–water partition coefficient (Wildman–Crippen LogP) is 3.84. The monoisotopic (exact) mass is 324 g/mol. The van der Waals surface area contributed by atoms with Crippen molar-refractivity contribution in [3.8, 4) is 0 Å². The quantitative estimate of drug-likeness (QED) is 0.686. The third kappa shape index (κ3) is 3.39. The second kappa shape index (κ2) is 6.97. The van der Waals surface area contributed by atoms with Gasteiger partial charge in [-0.3, -0.25) is 4.79 Å². The molecule has 2 aromatic rings. The molecule has 3 rings (SSSR count). The van der Waals surface area contributed by atoms with Crippen LogP contribution in [0.1, 0.15) is 63.7 Å². The van der Waals surface area contributed by atoms with E-state index in [2.05, 4.69) is 0 Å². The zero-order valence-electron chi connectivity index (χ0n) is 14.9. The first-order chi connectivity index (χ1) is 12.0. The molecular formula is C20H21NO3. The van der Waals surface area contributed by atoms with Gasteiger partial charge in [0.15, 0.2) is 5.78 Å². The molecule has 124 valence electrons. The van der Waals surface area contributed by atoms with Crippen LogP contribution in [0.3, 0.4) is 0 Å². The van der Waals surface area contributed by atoms with Crippen LogP contribution >= 0.6 is 0 Å². The Kier molecular flexibility index (Phi) is 4.38. The minimum absolute atomic E-state index is 0.00583. The van der Waals surface area contributed by atoms with E-state index in [0.717, 1.165) is 24.0 Å². The van der Waals surface area contributed by atoms with Crippen LogP contribution in [-0.2, 0) is 4.74 Å². The van der Waals surface area contributed by atoms with Gasteiger partial charge in [0.05, 0.1) is 12.7 Å². The highest BCUT2D eigenvalue weighted by Crippen LogP contribution is 2.34. The van der Waals surface area contributed by atoms with E-state index >= 15 is 0 Å². The number of ether oxygens (including phenoxy) is 1. The molecule has 2 unspecified atom stereocenters. The number of rotatable bonds is 4. The second-order valence-corrected chi connectivity index (χ2v) is 6.05. The molecule has 1 heterocycles. The van der Waals surface area contributed by atoms with Crippen molar-refractivity contribution >= 4 is 11.8 Å². The van der Waals surface area contributed by atoms with Crippen molar-refractivity contribution in [3.05, 3.63) is 70.8 Å². The average Bonchev–Trinajstić information content (AvgIpc) is 3.02. The standard InChI is InChI=1S/C20H21NO3/c1-13(22)14-3-5-15(6-4-14)18-11-12-19(21-18)16-7-9-17(10-8-16)20(23)24-2/h3-10,18-19,21H,11-12H2,1-2H3/i/hD.